The number of nitrogens with two attached hydrogens (primary N) is 1. The third kappa shape index (κ3) is 2.94. The number of hydrogen-bond acceptors (Lipinski definition) is 1. The molecule has 0 saturated carbocycles. The lowest BCUT2D eigenvalue weighted by molar-refractivity contribution is 0.515. The number of rotatable bonds is 2. The molecule has 0 aliphatic heterocycles. The van der Waals surface area contributed by atoms with Gasteiger partial charge in [0.2, 0.25) is 0 Å². The second-order valence-electron chi connectivity index (χ2n) is 3.93. The van der Waals surface area contributed by atoms with Crippen molar-refractivity contribution in [3.05, 3.63) is 68.4 Å². The highest BCUT2D eigenvalue weighted by Crippen LogP contribution is 2.31. The van der Waals surface area contributed by atoms with Crippen LogP contribution in [0.5, 0.6) is 0 Å². The van der Waals surface area contributed by atoms with Crippen LogP contribution in [0, 0.1) is 17.5 Å². The fourth-order valence-corrected chi connectivity index (χ4v) is 2.55. The molecule has 1 atom stereocenters. The lowest BCUT2D eigenvalue weighted by Crippen LogP contribution is -2.16. The Hall–Kier alpha value is -1.04. The van der Waals surface area contributed by atoms with Gasteiger partial charge in [-0.3, -0.25) is 0 Å². The fraction of sp³-hybridized carbons (Fsp3) is 0.0769. The van der Waals surface area contributed by atoms with E-state index >= 15 is 0 Å². The van der Waals surface area contributed by atoms with E-state index < -0.39 is 29.1 Å². The quantitative estimate of drug-likeness (QED) is 0.844. The van der Waals surface area contributed by atoms with Gasteiger partial charge in [0.15, 0.2) is 0 Å². The van der Waals surface area contributed by atoms with E-state index in [1.54, 1.807) is 18.2 Å². The van der Waals surface area contributed by atoms with Crippen LogP contribution in [0.3, 0.4) is 0 Å². The molecule has 0 bridgehead atoms. The molecule has 2 aromatic rings. The van der Waals surface area contributed by atoms with Gasteiger partial charge in [-0.15, -0.1) is 0 Å². The van der Waals surface area contributed by atoms with E-state index in [1.165, 1.54) is 0 Å². The van der Waals surface area contributed by atoms with Crippen molar-refractivity contribution in [3.8, 4) is 0 Å². The van der Waals surface area contributed by atoms with Crippen molar-refractivity contribution >= 4 is 27.5 Å². The van der Waals surface area contributed by atoms with Gasteiger partial charge in [0.05, 0.1) is 6.04 Å². The molecule has 2 aromatic carbocycles. The molecule has 0 saturated heterocycles. The Bertz CT molecular complexity index is 610. The van der Waals surface area contributed by atoms with Gasteiger partial charge in [-0.25, -0.2) is 13.2 Å². The summed E-state index contributed by atoms with van der Waals surface area (Å²) in [6.07, 6.45) is 0. The number of benzene rings is 2. The number of halogens is 5. The molecule has 0 radical (unpaired) electrons. The van der Waals surface area contributed by atoms with E-state index in [1.807, 2.05) is 0 Å². The topological polar surface area (TPSA) is 26.0 Å². The smallest absolute Gasteiger partial charge is 0.134 e. The van der Waals surface area contributed by atoms with Gasteiger partial charge in [0, 0.05) is 27.2 Å². The molecule has 1 nitrogen and oxygen atoms in total. The van der Waals surface area contributed by atoms with Gasteiger partial charge >= 0.3 is 0 Å². The van der Waals surface area contributed by atoms with Gasteiger partial charge in [-0.2, -0.15) is 0 Å². The van der Waals surface area contributed by atoms with Crippen LogP contribution in [0.15, 0.2) is 34.8 Å². The first-order valence-electron chi connectivity index (χ1n) is 5.25. The van der Waals surface area contributed by atoms with E-state index in [0.717, 1.165) is 0 Å². The lowest BCUT2D eigenvalue weighted by Gasteiger charge is -2.16. The van der Waals surface area contributed by atoms with Gasteiger partial charge in [0.1, 0.15) is 17.5 Å². The van der Waals surface area contributed by atoms with E-state index in [4.69, 9.17) is 17.3 Å². The molecule has 0 spiro atoms. The zero-order valence-electron chi connectivity index (χ0n) is 9.43. The second-order valence-corrected chi connectivity index (χ2v) is 5.25. The second kappa shape index (κ2) is 5.53. The molecule has 19 heavy (non-hydrogen) atoms. The predicted octanol–water partition coefficient (Wildman–Crippen LogP) is 4.57. The fourth-order valence-electron chi connectivity index (χ4n) is 1.76. The zero-order chi connectivity index (χ0) is 14.2. The Labute approximate surface area is 121 Å². The molecule has 0 fully saturated rings. The minimum atomic E-state index is -1.11. The minimum Gasteiger partial charge on any atom is -0.320 e. The maximum atomic E-state index is 13.6. The van der Waals surface area contributed by atoms with E-state index in [0.29, 0.717) is 22.2 Å². The highest BCUT2D eigenvalue weighted by Gasteiger charge is 2.21. The third-order valence-electron chi connectivity index (χ3n) is 2.65. The van der Waals surface area contributed by atoms with Crippen molar-refractivity contribution in [2.24, 2.45) is 5.73 Å². The molecular formula is C13H8BrClF3N. The molecular weight excluding hydrogens is 343 g/mol. The van der Waals surface area contributed by atoms with Gasteiger partial charge in [0.25, 0.3) is 0 Å². The Morgan fingerprint density at radius 1 is 1.05 bits per heavy atom. The standard InChI is InChI=1S/C13H8BrClF3N/c14-6-1-2-8(9(15)3-6)13(19)12-10(17)4-7(16)5-11(12)18/h1-5,13H,19H2. The van der Waals surface area contributed by atoms with E-state index in [2.05, 4.69) is 15.9 Å². The Balaban J connectivity index is 2.53. The summed E-state index contributed by atoms with van der Waals surface area (Å²) in [6.45, 7) is 0. The molecule has 0 aliphatic carbocycles. The molecule has 2 rings (SSSR count). The zero-order valence-corrected chi connectivity index (χ0v) is 11.8. The van der Waals surface area contributed by atoms with Crippen LogP contribution in [-0.4, -0.2) is 0 Å². The summed E-state index contributed by atoms with van der Waals surface area (Å²) in [7, 11) is 0. The van der Waals surface area contributed by atoms with E-state index in [-0.39, 0.29) is 5.02 Å². The van der Waals surface area contributed by atoms with Gasteiger partial charge in [-0.05, 0) is 17.7 Å². The third-order valence-corrected chi connectivity index (χ3v) is 3.47. The molecule has 0 heterocycles. The maximum absolute atomic E-state index is 13.6. The summed E-state index contributed by atoms with van der Waals surface area (Å²) in [4.78, 5) is 0. The monoisotopic (exact) mass is 349 g/mol. The molecule has 100 valence electrons. The van der Waals surface area contributed by atoms with Crippen LogP contribution < -0.4 is 5.73 Å². The van der Waals surface area contributed by atoms with Crippen LogP contribution in [0.1, 0.15) is 17.2 Å². The largest absolute Gasteiger partial charge is 0.320 e. The highest BCUT2D eigenvalue weighted by molar-refractivity contribution is 9.10. The molecule has 0 aromatic heterocycles. The molecule has 6 heteroatoms. The van der Waals surface area contributed by atoms with Crippen LogP contribution in [0.25, 0.3) is 0 Å². The van der Waals surface area contributed by atoms with Crippen molar-refractivity contribution in [2.45, 2.75) is 6.04 Å². The summed E-state index contributed by atoms with van der Waals surface area (Å²) in [6, 6.07) is 4.84. The summed E-state index contributed by atoms with van der Waals surface area (Å²) < 4.78 is 40.9. The van der Waals surface area contributed by atoms with Crippen molar-refractivity contribution in [2.75, 3.05) is 0 Å². The Morgan fingerprint density at radius 2 is 1.63 bits per heavy atom. The van der Waals surface area contributed by atoms with Gasteiger partial charge < -0.3 is 5.73 Å². The molecule has 1 unspecified atom stereocenters. The first kappa shape index (κ1) is 14.4. The first-order valence-corrected chi connectivity index (χ1v) is 6.42. The number of hydrogen-bond donors (Lipinski definition) is 1. The predicted molar refractivity (Wildman–Crippen MR) is 71.5 cm³/mol. The van der Waals surface area contributed by atoms with Crippen LogP contribution in [-0.2, 0) is 0 Å². The van der Waals surface area contributed by atoms with Crippen LogP contribution >= 0.6 is 27.5 Å². The lowest BCUT2D eigenvalue weighted by atomic mass is 9.98. The van der Waals surface area contributed by atoms with Crippen LogP contribution in [0.2, 0.25) is 5.02 Å². The SMILES string of the molecule is NC(c1ccc(Br)cc1Cl)c1c(F)cc(F)cc1F. The average Bonchev–Trinajstić information content (AvgIpc) is 2.26. The summed E-state index contributed by atoms with van der Waals surface area (Å²) in [5.41, 5.74) is 5.76. The Kier molecular flexibility index (Phi) is 4.18. The highest BCUT2D eigenvalue weighted by atomic mass is 79.9. The first-order chi connectivity index (χ1) is 8.90. The van der Waals surface area contributed by atoms with Crippen molar-refractivity contribution < 1.29 is 13.2 Å². The summed E-state index contributed by atoms with van der Waals surface area (Å²) >= 11 is 9.20. The molecule has 0 amide bonds. The summed E-state index contributed by atoms with van der Waals surface area (Å²) in [5.74, 6) is -3.07. The minimum absolute atomic E-state index is 0.269. The van der Waals surface area contributed by atoms with E-state index in [9.17, 15) is 13.2 Å². The molecule has 0 aliphatic rings. The average molecular weight is 351 g/mol. The summed E-state index contributed by atoms with van der Waals surface area (Å²) in [5, 5.41) is 0.269. The van der Waals surface area contributed by atoms with Crippen molar-refractivity contribution in [1.29, 1.82) is 0 Å². The maximum Gasteiger partial charge on any atom is 0.134 e. The molecule has 2 N–H and O–H groups in total. The van der Waals surface area contributed by atoms with Crippen molar-refractivity contribution in [1.82, 2.24) is 0 Å². The Morgan fingerprint density at radius 3 is 2.16 bits per heavy atom. The van der Waals surface area contributed by atoms with Crippen LogP contribution in [0.4, 0.5) is 13.2 Å². The van der Waals surface area contributed by atoms with Gasteiger partial charge in [-0.1, -0.05) is 33.6 Å². The van der Waals surface area contributed by atoms with Crippen molar-refractivity contribution in [3.63, 3.8) is 0 Å². The normalized spacial score (nSPS) is 12.5.